The number of amides is 2. The standard InChI is InChI=1S/C16H13N3O/c1-11-6-5-9-13(10-11)19-15(17)14(18-16(19)20)12-7-3-2-4-8-12/h2-10,17H,1H3. The highest BCUT2D eigenvalue weighted by molar-refractivity contribution is 6.59. The Kier molecular flexibility index (Phi) is 2.91. The number of hydrogen-bond acceptors (Lipinski definition) is 2. The number of nitrogens with one attached hydrogen (secondary N) is 1. The van der Waals surface area contributed by atoms with Crippen molar-refractivity contribution >= 4 is 23.3 Å². The van der Waals surface area contributed by atoms with Gasteiger partial charge in [0.05, 0.1) is 5.69 Å². The number of aryl methyl sites for hydroxylation is 1. The summed E-state index contributed by atoms with van der Waals surface area (Å²) in [5.41, 5.74) is 2.91. The topological polar surface area (TPSA) is 56.5 Å². The number of benzene rings is 2. The summed E-state index contributed by atoms with van der Waals surface area (Å²) in [6, 6.07) is 16.4. The summed E-state index contributed by atoms with van der Waals surface area (Å²) in [7, 11) is 0. The van der Waals surface area contributed by atoms with Gasteiger partial charge in [-0.25, -0.2) is 9.69 Å². The van der Waals surface area contributed by atoms with E-state index in [1.807, 2.05) is 61.5 Å². The fraction of sp³-hybridized carbons (Fsp3) is 0.0625. The van der Waals surface area contributed by atoms with Crippen LogP contribution in [0.25, 0.3) is 0 Å². The van der Waals surface area contributed by atoms with Crippen LogP contribution < -0.4 is 4.90 Å². The molecule has 20 heavy (non-hydrogen) atoms. The third-order valence-electron chi connectivity index (χ3n) is 3.15. The van der Waals surface area contributed by atoms with Crippen LogP contribution in [0.3, 0.4) is 0 Å². The van der Waals surface area contributed by atoms with Crippen molar-refractivity contribution in [2.75, 3.05) is 4.90 Å². The fourth-order valence-corrected chi connectivity index (χ4v) is 2.20. The number of carbonyl (C=O) groups is 1. The average Bonchev–Trinajstić information content (AvgIpc) is 2.75. The maximum absolute atomic E-state index is 12.1. The minimum absolute atomic E-state index is 0.117. The van der Waals surface area contributed by atoms with E-state index >= 15 is 0 Å². The zero-order valence-corrected chi connectivity index (χ0v) is 11.0. The number of nitrogens with zero attached hydrogens (tertiary/aromatic N) is 2. The third kappa shape index (κ3) is 2.01. The summed E-state index contributed by atoms with van der Waals surface area (Å²) in [5, 5.41) is 8.21. The van der Waals surface area contributed by atoms with E-state index in [0.717, 1.165) is 11.1 Å². The number of carbonyl (C=O) groups excluding carboxylic acids is 1. The molecule has 4 nitrogen and oxygen atoms in total. The number of hydrogen-bond donors (Lipinski definition) is 1. The van der Waals surface area contributed by atoms with E-state index in [1.165, 1.54) is 4.90 Å². The van der Waals surface area contributed by atoms with Crippen molar-refractivity contribution in [1.29, 1.82) is 5.41 Å². The van der Waals surface area contributed by atoms with Crippen LogP contribution in [0.4, 0.5) is 10.5 Å². The molecule has 4 heteroatoms. The quantitative estimate of drug-likeness (QED) is 0.887. The summed E-state index contributed by atoms with van der Waals surface area (Å²) in [5.74, 6) is 0.117. The predicted octanol–water partition coefficient (Wildman–Crippen LogP) is 3.40. The van der Waals surface area contributed by atoms with Crippen LogP contribution in [0.1, 0.15) is 11.1 Å². The van der Waals surface area contributed by atoms with Crippen molar-refractivity contribution in [2.45, 2.75) is 6.92 Å². The maximum Gasteiger partial charge on any atom is 0.354 e. The second-order valence-electron chi connectivity index (χ2n) is 4.63. The molecule has 0 radical (unpaired) electrons. The molecule has 2 aromatic rings. The number of rotatable bonds is 2. The Morgan fingerprint density at radius 3 is 2.50 bits per heavy atom. The highest BCUT2D eigenvalue weighted by Gasteiger charge is 2.31. The monoisotopic (exact) mass is 263 g/mol. The molecular weight excluding hydrogens is 250 g/mol. The Labute approximate surface area is 116 Å². The Morgan fingerprint density at radius 1 is 1.05 bits per heavy atom. The Morgan fingerprint density at radius 2 is 1.80 bits per heavy atom. The van der Waals surface area contributed by atoms with Gasteiger partial charge in [-0.3, -0.25) is 5.41 Å². The second-order valence-corrected chi connectivity index (χ2v) is 4.63. The third-order valence-corrected chi connectivity index (χ3v) is 3.15. The smallest absolute Gasteiger partial charge is 0.282 e. The largest absolute Gasteiger partial charge is 0.354 e. The first kappa shape index (κ1) is 12.3. The maximum atomic E-state index is 12.1. The van der Waals surface area contributed by atoms with E-state index in [9.17, 15) is 4.79 Å². The van der Waals surface area contributed by atoms with Crippen LogP contribution in [0.5, 0.6) is 0 Å². The lowest BCUT2D eigenvalue weighted by atomic mass is 10.1. The van der Waals surface area contributed by atoms with Gasteiger partial charge in [-0.15, -0.1) is 0 Å². The SMILES string of the molecule is Cc1cccc(N2C(=N)C(c3ccccc3)=NC2=O)c1. The molecule has 0 bridgehead atoms. The summed E-state index contributed by atoms with van der Waals surface area (Å²) in [6.07, 6.45) is 0. The zero-order chi connectivity index (χ0) is 14.1. The zero-order valence-electron chi connectivity index (χ0n) is 11.0. The number of urea groups is 1. The van der Waals surface area contributed by atoms with Crippen molar-refractivity contribution in [3.05, 3.63) is 65.7 Å². The van der Waals surface area contributed by atoms with E-state index in [4.69, 9.17) is 5.41 Å². The van der Waals surface area contributed by atoms with Crippen molar-refractivity contribution in [3.63, 3.8) is 0 Å². The van der Waals surface area contributed by atoms with Gasteiger partial charge in [0, 0.05) is 5.56 Å². The van der Waals surface area contributed by atoms with E-state index in [-0.39, 0.29) is 5.84 Å². The molecule has 2 aromatic carbocycles. The van der Waals surface area contributed by atoms with E-state index in [1.54, 1.807) is 0 Å². The molecule has 0 aromatic heterocycles. The van der Waals surface area contributed by atoms with Crippen LogP contribution in [0, 0.1) is 12.3 Å². The van der Waals surface area contributed by atoms with E-state index in [0.29, 0.717) is 11.4 Å². The Bertz CT molecular complexity index is 720. The number of aliphatic imine (C=N–C) groups is 1. The molecule has 0 unspecified atom stereocenters. The second kappa shape index (κ2) is 4.74. The lowest BCUT2D eigenvalue weighted by Gasteiger charge is -2.15. The van der Waals surface area contributed by atoms with E-state index < -0.39 is 6.03 Å². The molecule has 0 spiro atoms. The van der Waals surface area contributed by atoms with Gasteiger partial charge in [-0.05, 0) is 24.6 Å². The van der Waals surface area contributed by atoms with Crippen LogP contribution in [-0.4, -0.2) is 17.6 Å². The molecular formula is C16H13N3O. The van der Waals surface area contributed by atoms with Crippen LogP contribution in [0.2, 0.25) is 0 Å². The Hall–Kier alpha value is -2.75. The van der Waals surface area contributed by atoms with Gasteiger partial charge in [0.15, 0.2) is 5.84 Å². The molecule has 2 amide bonds. The minimum Gasteiger partial charge on any atom is -0.282 e. The first-order chi connectivity index (χ1) is 9.66. The van der Waals surface area contributed by atoms with Crippen LogP contribution in [-0.2, 0) is 0 Å². The fourth-order valence-electron chi connectivity index (χ4n) is 2.20. The minimum atomic E-state index is -0.417. The van der Waals surface area contributed by atoms with Gasteiger partial charge in [0.2, 0.25) is 0 Å². The van der Waals surface area contributed by atoms with Gasteiger partial charge in [0.25, 0.3) is 0 Å². The van der Waals surface area contributed by atoms with Crippen LogP contribution >= 0.6 is 0 Å². The van der Waals surface area contributed by atoms with Gasteiger partial charge in [-0.2, -0.15) is 4.99 Å². The molecule has 0 saturated carbocycles. The van der Waals surface area contributed by atoms with Crippen molar-refractivity contribution in [3.8, 4) is 0 Å². The molecule has 0 saturated heterocycles. The summed E-state index contributed by atoms with van der Waals surface area (Å²) >= 11 is 0. The van der Waals surface area contributed by atoms with Gasteiger partial charge >= 0.3 is 6.03 Å². The first-order valence-corrected chi connectivity index (χ1v) is 6.30. The van der Waals surface area contributed by atoms with Crippen molar-refractivity contribution in [2.24, 2.45) is 4.99 Å². The highest BCUT2D eigenvalue weighted by Crippen LogP contribution is 2.23. The Balaban J connectivity index is 1.99. The van der Waals surface area contributed by atoms with Crippen molar-refractivity contribution < 1.29 is 4.79 Å². The molecule has 1 aliphatic rings. The molecule has 98 valence electrons. The first-order valence-electron chi connectivity index (χ1n) is 6.30. The predicted molar refractivity (Wildman–Crippen MR) is 79.8 cm³/mol. The highest BCUT2D eigenvalue weighted by atomic mass is 16.2. The molecule has 1 aliphatic heterocycles. The normalized spacial score (nSPS) is 14.7. The number of amidine groups is 1. The lowest BCUT2D eigenvalue weighted by Crippen LogP contribution is -2.32. The van der Waals surface area contributed by atoms with Gasteiger partial charge < -0.3 is 0 Å². The van der Waals surface area contributed by atoms with Gasteiger partial charge in [0.1, 0.15) is 5.71 Å². The molecule has 0 aliphatic carbocycles. The lowest BCUT2D eigenvalue weighted by molar-refractivity contribution is 0.257. The molecule has 1 heterocycles. The summed E-state index contributed by atoms with van der Waals surface area (Å²) in [6.45, 7) is 1.95. The van der Waals surface area contributed by atoms with E-state index in [2.05, 4.69) is 4.99 Å². The molecule has 3 rings (SSSR count). The average molecular weight is 263 g/mol. The molecule has 1 N–H and O–H groups in total. The number of anilines is 1. The van der Waals surface area contributed by atoms with Gasteiger partial charge in [-0.1, -0.05) is 42.5 Å². The molecule has 0 atom stereocenters. The van der Waals surface area contributed by atoms with Crippen molar-refractivity contribution in [1.82, 2.24) is 0 Å². The summed E-state index contributed by atoms with van der Waals surface area (Å²) < 4.78 is 0. The molecule has 0 fully saturated rings. The van der Waals surface area contributed by atoms with Crippen LogP contribution in [0.15, 0.2) is 59.6 Å². The summed E-state index contributed by atoms with van der Waals surface area (Å²) in [4.78, 5) is 17.4.